The number of halogens is 3. The summed E-state index contributed by atoms with van der Waals surface area (Å²) in [7, 11) is 0. The maximum atomic E-state index is 13.6. The summed E-state index contributed by atoms with van der Waals surface area (Å²) < 4.78 is 46.3. The van der Waals surface area contributed by atoms with Crippen LogP contribution < -0.4 is 10.1 Å². The fraction of sp³-hybridized carbons (Fsp3) is 0.286. The molecule has 0 saturated carbocycles. The standard InChI is InChI=1S/C28H28F3NO4/c29-28(30,31)24-18-21(14-16-26(33)32-23-12-7-11-22(19-23)27(34)35)13-15-25(24)36-17-6-2-5-10-20-8-3-1-4-9-20/h1,3-4,7-9,11-13,15,18-19H,2,5-6,10,14,16-17H2,(H,32,33)(H,34,35). The molecule has 0 fully saturated rings. The number of rotatable bonds is 12. The molecule has 0 saturated heterocycles. The molecule has 0 bridgehead atoms. The highest BCUT2D eigenvalue weighted by molar-refractivity contribution is 5.93. The first-order valence-electron chi connectivity index (χ1n) is 11.7. The highest BCUT2D eigenvalue weighted by Crippen LogP contribution is 2.37. The summed E-state index contributed by atoms with van der Waals surface area (Å²) in [6.07, 6.45) is -1.21. The summed E-state index contributed by atoms with van der Waals surface area (Å²) in [4.78, 5) is 23.3. The molecule has 8 heteroatoms. The largest absolute Gasteiger partial charge is 0.493 e. The number of amides is 1. The first-order chi connectivity index (χ1) is 17.2. The topological polar surface area (TPSA) is 75.6 Å². The van der Waals surface area contributed by atoms with Gasteiger partial charge in [0, 0.05) is 12.1 Å². The van der Waals surface area contributed by atoms with Crippen LogP contribution >= 0.6 is 0 Å². The number of benzene rings is 3. The van der Waals surface area contributed by atoms with Crippen molar-refractivity contribution in [3.05, 3.63) is 95.1 Å². The molecular formula is C28H28F3NO4. The van der Waals surface area contributed by atoms with Crippen LogP contribution in [-0.2, 0) is 23.8 Å². The number of aryl methyl sites for hydroxylation is 2. The average molecular weight is 500 g/mol. The molecule has 3 aromatic rings. The minimum Gasteiger partial charge on any atom is -0.493 e. The van der Waals surface area contributed by atoms with Crippen LogP contribution in [0.3, 0.4) is 0 Å². The molecule has 36 heavy (non-hydrogen) atoms. The van der Waals surface area contributed by atoms with Crippen molar-refractivity contribution in [3.63, 3.8) is 0 Å². The van der Waals surface area contributed by atoms with E-state index in [1.54, 1.807) is 6.07 Å². The van der Waals surface area contributed by atoms with Crippen molar-refractivity contribution < 1.29 is 32.6 Å². The molecular weight excluding hydrogens is 471 g/mol. The van der Waals surface area contributed by atoms with Gasteiger partial charge in [0.15, 0.2) is 0 Å². The van der Waals surface area contributed by atoms with Crippen LogP contribution in [0.4, 0.5) is 18.9 Å². The lowest BCUT2D eigenvalue weighted by atomic mass is 10.0. The SMILES string of the molecule is O=C(CCc1ccc(OCCCCCc2ccccc2)c(C(F)(F)F)c1)Nc1cccc(C(=O)O)c1. The van der Waals surface area contributed by atoms with E-state index < -0.39 is 23.6 Å². The second-order valence-corrected chi connectivity index (χ2v) is 8.41. The van der Waals surface area contributed by atoms with Gasteiger partial charge in [-0.05, 0) is 73.6 Å². The maximum absolute atomic E-state index is 13.6. The van der Waals surface area contributed by atoms with Gasteiger partial charge in [-0.1, -0.05) is 42.5 Å². The van der Waals surface area contributed by atoms with Crippen LogP contribution in [0.15, 0.2) is 72.8 Å². The van der Waals surface area contributed by atoms with E-state index in [-0.39, 0.29) is 30.8 Å². The molecule has 5 nitrogen and oxygen atoms in total. The zero-order chi connectivity index (χ0) is 26.0. The number of alkyl halides is 3. The zero-order valence-electron chi connectivity index (χ0n) is 19.7. The summed E-state index contributed by atoms with van der Waals surface area (Å²) >= 11 is 0. The van der Waals surface area contributed by atoms with Gasteiger partial charge in [0.05, 0.1) is 17.7 Å². The number of carboxylic acid groups (broad SMARTS) is 1. The molecule has 0 radical (unpaired) electrons. The van der Waals surface area contributed by atoms with Crippen molar-refractivity contribution in [1.82, 2.24) is 0 Å². The Balaban J connectivity index is 1.50. The number of anilines is 1. The van der Waals surface area contributed by atoms with E-state index in [9.17, 15) is 22.8 Å². The predicted octanol–water partition coefficient (Wildman–Crippen LogP) is 6.77. The van der Waals surface area contributed by atoms with Crippen LogP contribution in [-0.4, -0.2) is 23.6 Å². The summed E-state index contributed by atoms with van der Waals surface area (Å²) in [6, 6.07) is 19.6. The Morgan fingerprint density at radius 2 is 1.61 bits per heavy atom. The van der Waals surface area contributed by atoms with Gasteiger partial charge in [-0.2, -0.15) is 13.2 Å². The van der Waals surface area contributed by atoms with Gasteiger partial charge in [-0.25, -0.2) is 4.79 Å². The average Bonchev–Trinajstić information content (AvgIpc) is 2.85. The third-order valence-electron chi connectivity index (χ3n) is 5.59. The van der Waals surface area contributed by atoms with Crippen LogP contribution in [0.1, 0.15) is 52.7 Å². The van der Waals surface area contributed by atoms with Crippen molar-refractivity contribution in [2.45, 2.75) is 44.7 Å². The third kappa shape index (κ3) is 8.45. The second kappa shape index (κ2) is 12.8. The van der Waals surface area contributed by atoms with Crippen molar-refractivity contribution in [1.29, 1.82) is 0 Å². The van der Waals surface area contributed by atoms with E-state index in [2.05, 4.69) is 5.32 Å². The van der Waals surface area contributed by atoms with Gasteiger partial charge in [-0.3, -0.25) is 4.79 Å². The minimum absolute atomic E-state index is 0.0226. The Bertz CT molecular complexity index is 1160. The van der Waals surface area contributed by atoms with Crippen LogP contribution in [0.2, 0.25) is 0 Å². The molecule has 0 spiro atoms. The fourth-order valence-electron chi connectivity index (χ4n) is 3.73. The van der Waals surface area contributed by atoms with E-state index in [4.69, 9.17) is 9.84 Å². The van der Waals surface area contributed by atoms with Crippen molar-refractivity contribution in [3.8, 4) is 5.75 Å². The molecule has 0 unspecified atom stereocenters. The molecule has 0 aliphatic carbocycles. The number of aromatic carboxylic acids is 1. The Kier molecular flexibility index (Phi) is 9.50. The fourth-order valence-corrected chi connectivity index (χ4v) is 3.73. The molecule has 2 N–H and O–H groups in total. The maximum Gasteiger partial charge on any atom is 0.419 e. The molecule has 3 aromatic carbocycles. The molecule has 0 heterocycles. The molecule has 0 aromatic heterocycles. The molecule has 190 valence electrons. The third-order valence-corrected chi connectivity index (χ3v) is 5.59. The first kappa shape index (κ1) is 26.8. The molecule has 0 aliphatic rings. The minimum atomic E-state index is -4.59. The van der Waals surface area contributed by atoms with E-state index in [0.29, 0.717) is 17.7 Å². The highest BCUT2D eigenvalue weighted by Gasteiger charge is 2.34. The molecule has 0 aliphatic heterocycles. The van der Waals surface area contributed by atoms with E-state index >= 15 is 0 Å². The van der Waals surface area contributed by atoms with Crippen molar-refractivity contribution in [2.24, 2.45) is 0 Å². The van der Waals surface area contributed by atoms with Crippen molar-refractivity contribution >= 4 is 17.6 Å². The van der Waals surface area contributed by atoms with Gasteiger partial charge < -0.3 is 15.2 Å². The van der Waals surface area contributed by atoms with Gasteiger partial charge in [-0.15, -0.1) is 0 Å². The van der Waals surface area contributed by atoms with Crippen LogP contribution in [0.5, 0.6) is 5.75 Å². The number of carbonyl (C=O) groups is 2. The Morgan fingerprint density at radius 3 is 2.33 bits per heavy atom. The first-order valence-corrected chi connectivity index (χ1v) is 11.7. The van der Waals surface area contributed by atoms with Gasteiger partial charge in [0.25, 0.3) is 0 Å². The van der Waals surface area contributed by atoms with Gasteiger partial charge in [0.1, 0.15) is 5.75 Å². The lowest BCUT2D eigenvalue weighted by Crippen LogP contribution is -2.14. The lowest BCUT2D eigenvalue weighted by molar-refractivity contribution is -0.139. The number of ether oxygens (including phenoxy) is 1. The lowest BCUT2D eigenvalue weighted by Gasteiger charge is -2.15. The van der Waals surface area contributed by atoms with Crippen LogP contribution in [0.25, 0.3) is 0 Å². The Labute approximate surface area is 207 Å². The van der Waals surface area contributed by atoms with Gasteiger partial charge >= 0.3 is 12.1 Å². The number of hydrogen-bond acceptors (Lipinski definition) is 3. The number of carbonyl (C=O) groups excluding carboxylic acids is 1. The van der Waals surface area contributed by atoms with Gasteiger partial charge in [0.2, 0.25) is 5.91 Å². The van der Waals surface area contributed by atoms with E-state index in [0.717, 1.165) is 25.3 Å². The number of unbranched alkanes of at least 4 members (excludes halogenated alkanes) is 2. The highest BCUT2D eigenvalue weighted by atomic mass is 19.4. The Hall–Kier alpha value is -3.81. The normalized spacial score (nSPS) is 11.2. The van der Waals surface area contributed by atoms with Crippen molar-refractivity contribution in [2.75, 3.05) is 11.9 Å². The van der Waals surface area contributed by atoms with E-state index in [1.807, 2.05) is 30.3 Å². The summed E-state index contributed by atoms with van der Waals surface area (Å²) in [5.41, 5.74) is 1.06. The Morgan fingerprint density at radius 1 is 0.833 bits per heavy atom. The molecule has 1 amide bonds. The number of carboxylic acids is 1. The molecule has 3 rings (SSSR count). The quantitative estimate of drug-likeness (QED) is 0.270. The monoisotopic (exact) mass is 499 g/mol. The second-order valence-electron chi connectivity index (χ2n) is 8.41. The zero-order valence-corrected chi connectivity index (χ0v) is 19.7. The summed E-state index contributed by atoms with van der Waals surface area (Å²) in [5.74, 6) is -1.77. The smallest absolute Gasteiger partial charge is 0.419 e. The predicted molar refractivity (Wildman–Crippen MR) is 131 cm³/mol. The van der Waals surface area contributed by atoms with E-state index in [1.165, 1.54) is 35.9 Å². The number of hydrogen-bond donors (Lipinski definition) is 2. The summed E-state index contributed by atoms with van der Waals surface area (Å²) in [6.45, 7) is 0.190. The van der Waals surface area contributed by atoms with Crippen LogP contribution in [0, 0.1) is 0 Å². The summed E-state index contributed by atoms with van der Waals surface area (Å²) in [5, 5.41) is 11.6. The number of nitrogens with one attached hydrogen (secondary N) is 1. The molecule has 0 atom stereocenters.